The fourth-order valence-corrected chi connectivity index (χ4v) is 1.50. The van der Waals surface area contributed by atoms with Crippen molar-refractivity contribution in [2.75, 3.05) is 12.9 Å². The molecule has 1 aromatic rings. The third-order valence-corrected chi connectivity index (χ3v) is 2.53. The molecule has 0 bridgehead atoms. The van der Waals surface area contributed by atoms with Crippen LogP contribution in [-0.2, 0) is 0 Å². The van der Waals surface area contributed by atoms with Gasteiger partial charge < -0.3 is 15.6 Å². The summed E-state index contributed by atoms with van der Waals surface area (Å²) in [5.74, 6) is 1.35. The van der Waals surface area contributed by atoms with E-state index in [1.54, 1.807) is 18.3 Å². The van der Waals surface area contributed by atoms with Crippen LogP contribution in [0.3, 0.4) is 0 Å². The Kier molecular flexibility index (Phi) is 8.55. The molecule has 0 aromatic heterocycles. The molecule has 3 N–H and O–H groups in total. The average Bonchev–Trinajstić information content (AvgIpc) is 2.31. The highest BCUT2D eigenvalue weighted by molar-refractivity contribution is 14.0. The van der Waals surface area contributed by atoms with Gasteiger partial charge >= 0.3 is 0 Å². The lowest BCUT2D eigenvalue weighted by Crippen LogP contribution is -2.05. The average molecular weight is 381 g/mol. The maximum atomic E-state index is 9.40. The Labute approximate surface area is 128 Å². The number of hydrogen-bond acceptors (Lipinski definition) is 5. The molecule has 0 amide bonds. The maximum Gasteiger partial charge on any atom is 0.180 e. The monoisotopic (exact) mass is 381 g/mol. The van der Waals surface area contributed by atoms with Crippen molar-refractivity contribution in [3.63, 3.8) is 0 Å². The standard InChI is InChI=1S/C11H15N3O2S.HI/c1-3-17-11(12)14-13-7-8-4-5-9(15)10(6-8)16-2;/h4-7,15H,3H2,1-2H3,(H2,12,14);1H. The van der Waals surface area contributed by atoms with Gasteiger partial charge in [0.05, 0.1) is 13.3 Å². The van der Waals surface area contributed by atoms with Crippen molar-refractivity contribution in [3.05, 3.63) is 23.8 Å². The zero-order chi connectivity index (χ0) is 12.7. The molecule has 5 nitrogen and oxygen atoms in total. The highest BCUT2D eigenvalue weighted by Gasteiger charge is 2.00. The second kappa shape index (κ2) is 9.03. The zero-order valence-corrected chi connectivity index (χ0v) is 13.3. The third-order valence-electron chi connectivity index (χ3n) is 1.86. The third kappa shape index (κ3) is 5.58. The van der Waals surface area contributed by atoms with Crippen LogP contribution in [0.1, 0.15) is 12.5 Å². The van der Waals surface area contributed by atoms with Gasteiger partial charge in [-0.2, -0.15) is 5.10 Å². The van der Waals surface area contributed by atoms with Crippen LogP contribution >= 0.6 is 35.7 Å². The molecule has 0 spiro atoms. The number of thioether (sulfide) groups is 1. The number of rotatable bonds is 4. The summed E-state index contributed by atoms with van der Waals surface area (Å²) in [6, 6.07) is 4.91. The molecule has 0 fully saturated rings. The summed E-state index contributed by atoms with van der Waals surface area (Å²) >= 11 is 1.43. The predicted octanol–water partition coefficient (Wildman–Crippen LogP) is 2.42. The second-order valence-corrected chi connectivity index (χ2v) is 4.33. The van der Waals surface area contributed by atoms with Crippen molar-refractivity contribution in [1.29, 1.82) is 0 Å². The molecule has 0 atom stereocenters. The molecule has 0 aliphatic heterocycles. The Hall–Kier alpha value is -0.960. The number of phenolic OH excluding ortho intramolecular Hbond substituents is 1. The van der Waals surface area contributed by atoms with Gasteiger partial charge in [0.2, 0.25) is 0 Å². The number of amidine groups is 1. The van der Waals surface area contributed by atoms with Gasteiger partial charge in [0.15, 0.2) is 16.7 Å². The van der Waals surface area contributed by atoms with Crippen LogP contribution in [0.2, 0.25) is 0 Å². The number of phenols is 1. The van der Waals surface area contributed by atoms with Crippen molar-refractivity contribution in [2.24, 2.45) is 15.9 Å². The van der Waals surface area contributed by atoms with Crippen LogP contribution in [0.5, 0.6) is 11.5 Å². The van der Waals surface area contributed by atoms with Gasteiger partial charge in [-0.15, -0.1) is 29.1 Å². The first kappa shape index (κ1) is 17.0. The van der Waals surface area contributed by atoms with E-state index in [4.69, 9.17) is 10.5 Å². The van der Waals surface area contributed by atoms with E-state index in [9.17, 15) is 5.11 Å². The Morgan fingerprint density at radius 2 is 2.28 bits per heavy atom. The molecule has 1 aromatic carbocycles. The molecule has 18 heavy (non-hydrogen) atoms. The Morgan fingerprint density at radius 3 is 2.89 bits per heavy atom. The minimum absolute atomic E-state index is 0. The summed E-state index contributed by atoms with van der Waals surface area (Å²) in [6.07, 6.45) is 1.55. The molecule has 7 heteroatoms. The first-order valence-electron chi connectivity index (χ1n) is 5.03. The maximum absolute atomic E-state index is 9.40. The number of hydrogen-bond donors (Lipinski definition) is 2. The number of nitrogens with two attached hydrogens (primary N) is 1. The van der Waals surface area contributed by atoms with Crippen LogP contribution in [0, 0.1) is 0 Å². The van der Waals surface area contributed by atoms with E-state index in [-0.39, 0.29) is 29.7 Å². The van der Waals surface area contributed by atoms with E-state index in [0.29, 0.717) is 10.9 Å². The Balaban J connectivity index is 0.00000289. The fraction of sp³-hybridized carbons (Fsp3) is 0.273. The van der Waals surface area contributed by atoms with E-state index in [1.807, 2.05) is 6.92 Å². The molecule has 0 unspecified atom stereocenters. The lowest BCUT2D eigenvalue weighted by molar-refractivity contribution is 0.373. The van der Waals surface area contributed by atoms with Gasteiger partial charge in [-0.25, -0.2) is 0 Å². The number of aromatic hydroxyl groups is 1. The van der Waals surface area contributed by atoms with Gasteiger partial charge in [0.25, 0.3) is 0 Å². The Morgan fingerprint density at radius 1 is 1.56 bits per heavy atom. The smallest absolute Gasteiger partial charge is 0.180 e. The van der Waals surface area contributed by atoms with Crippen molar-refractivity contribution in [3.8, 4) is 11.5 Å². The summed E-state index contributed by atoms with van der Waals surface area (Å²) in [5, 5.41) is 17.5. The first-order valence-corrected chi connectivity index (χ1v) is 6.02. The van der Waals surface area contributed by atoms with Crippen molar-refractivity contribution >= 4 is 47.1 Å². The summed E-state index contributed by atoms with van der Waals surface area (Å²) in [5.41, 5.74) is 6.34. The predicted molar refractivity (Wildman–Crippen MR) is 87.4 cm³/mol. The quantitative estimate of drug-likeness (QED) is 0.363. The van der Waals surface area contributed by atoms with Crippen LogP contribution in [0.4, 0.5) is 0 Å². The van der Waals surface area contributed by atoms with Gasteiger partial charge in [-0.05, 0) is 29.5 Å². The SMILES string of the molecule is CCSC(N)=NN=Cc1ccc(O)c(OC)c1.I. The van der Waals surface area contributed by atoms with Crippen LogP contribution in [0.15, 0.2) is 28.4 Å². The van der Waals surface area contributed by atoms with Crippen molar-refractivity contribution < 1.29 is 9.84 Å². The van der Waals surface area contributed by atoms with Crippen LogP contribution < -0.4 is 10.5 Å². The molecule has 0 aliphatic carbocycles. The largest absolute Gasteiger partial charge is 0.504 e. The molecule has 1 rings (SSSR count). The number of ether oxygens (including phenoxy) is 1. The summed E-state index contributed by atoms with van der Waals surface area (Å²) in [7, 11) is 1.49. The lowest BCUT2D eigenvalue weighted by atomic mass is 10.2. The molecular weight excluding hydrogens is 365 g/mol. The molecular formula is C11H16IN3O2S. The number of halogens is 1. The normalized spacial score (nSPS) is 11.3. The van der Waals surface area contributed by atoms with Crippen molar-refractivity contribution in [2.45, 2.75) is 6.92 Å². The molecule has 0 aliphatic rings. The summed E-state index contributed by atoms with van der Waals surface area (Å²) < 4.78 is 4.98. The van der Waals surface area contributed by atoms with Gasteiger partial charge in [-0.3, -0.25) is 0 Å². The minimum Gasteiger partial charge on any atom is -0.504 e. The van der Waals surface area contributed by atoms with Crippen molar-refractivity contribution in [1.82, 2.24) is 0 Å². The molecule has 0 saturated heterocycles. The van der Waals surface area contributed by atoms with E-state index in [2.05, 4.69) is 10.2 Å². The molecule has 100 valence electrons. The second-order valence-electron chi connectivity index (χ2n) is 3.05. The van der Waals surface area contributed by atoms with E-state index >= 15 is 0 Å². The van der Waals surface area contributed by atoms with E-state index in [0.717, 1.165) is 11.3 Å². The molecule has 0 heterocycles. The molecule has 0 saturated carbocycles. The summed E-state index contributed by atoms with van der Waals surface area (Å²) in [4.78, 5) is 0. The van der Waals surface area contributed by atoms with Gasteiger partial charge in [0.1, 0.15) is 0 Å². The topological polar surface area (TPSA) is 80.2 Å². The highest BCUT2D eigenvalue weighted by atomic mass is 127. The Bertz CT molecular complexity index is 438. The van der Waals surface area contributed by atoms with E-state index < -0.39 is 0 Å². The minimum atomic E-state index is 0. The lowest BCUT2D eigenvalue weighted by Gasteiger charge is -2.02. The fourth-order valence-electron chi connectivity index (χ4n) is 1.10. The summed E-state index contributed by atoms with van der Waals surface area (Å²) in [6.45, 7) is 1.99. The van der Waals surface area contributed by atoms with E-state index in [1.165, 1.54) is 24.9 Å². The first-order chi connectivity index (χ1) is 8.17. The van der Waals surface area contributed by atoms with Crippen LogP contribution in [-0.4, -0.2) is 29.4 Å². The van der Waals surface area contributed by atoms with Gasteiger partial charge in [-0.1, -0.05) is 18.7 Å². The number of benzene rings is 1. The van der Waals surface area contributed by atoms with Crippen LogP contribution in [0.25, 0.3) is 0 Å². The highest BCUT2D eigenvalue weighted by Crippen LogP contribution is 2.25. The van der Waals surface area contributed by atoms with Gasteiger partial charge in [0, 0.05) is 0 Å². The zero-order valence-electron chi connectivity index (χ0n) is 10.2. The number of methoxy groups -OCH3 is 1. The number of nitrogens with zero attached hydrogens (tertiary/aromatic N) is 2. The molecule has 0 radical (unpaired) electrons.